The van der Waals surface area contributed by atoms with E-state index >= 15 is 0 Å². The zero-order valence-corrected chi connectivity index (χ0v) is 19.9. The normalized spacial score (nSPS) is 47.0. The van der Waals surface area contributed by atoms with Crippen molar-refractivity contribution in [3.05, 3.63) is 11.6 Å². The highest BCUT2D eigenvalue weighted by Crippen LogP contribution is 2.69. The summed E-state index contributed by atoms with van der Waals surface area (Å²) in [6.07, 6.45) is 19.1. The van der Waals surface area contributed by atoms with Gasteiger partial charge in [0, 0.05) is 0 Å². The van der Waals surface area contributed by atoms with E-state index in [4.69, 9.17) is 0 Å². The summed E-state index contributed by atoms with van der Waals surface area (Å²) in [7, 11) is 0. The van der Waals surface area contributed by atoms with Gasteiger partial charge in [-0.25, -0.2) is 0 Å². The monoisotopic (exact) mass is 384 g/mol. The van der Waals surface area contributed by atoms with E-state index in [-0.39, 0.29) is 0 Å². The average molecular weight is 385 g/mol. The van der Waals surface area contributed by atoms with Gasteiger partial charge in [-0.2, -0.15) is 0 Å². The van der Waals surface area contributed by atoms with Gasteiger partial charge >= 0.3 is 0 Å². The summed E-state index contributed by atoms with van der Waals surface area (Å²) in [6, 6.07) is 0. The minimum absolute atomic E-state index is 0.649. The second kappa shape index (κ2) is 7.77. The Morgan fingerprint density at radius 3 is 2.36 bits per heavy atom. The molecular weight excluding hydrogens is 336 g/mol. The fourth-order valence-electron chi connectivity index (χ4n) is 9.47. The second-order valence-corrected chi connectivity index (χ2v) is 12.3. The number of fused-ring (bicyclic) bond motifs is 5. The Labute approximate surface area is 176 Å². The van der Waals surface area contributed by atoms with E-state index in [0.717, 1.165) is 41.4 Å². The van der Waals surface area contributed by atoms with Crippen molar-refractivity contribution in [3.8, 4) is 0 Å². The predicted molar refractivity (Wildman–Crippen MR) is 122 cm³/mol. The van der Waals surface area contributed by atoms with Crippen molar-refractivity contribution < 1.29 is 0 Å². The van der Waals surface area contributed by atoms with Gasteiger partial charge in [-0.1, -0.05) is 52.7 Å². The van der Waals surface area contributed by atoms with Crippen LogP contribution < -0.4 is 0 Å². The summed E-state index contributed by atoms with van der Waals surface area (Å²) in [5.74, 6) is 6.86. The van der Waals surface area contributed by atoms with Gasteiger partial charge in [0.05, 0.1) is 0 Å². The first-order chi connectivity index (χ1) is 13.3. The van der Waals surface area contributed by atoms with Crippen molar-refractivity contribution in [3.63, 3.8) is 0 Å². The molecule has 0 heterocycles. The van der Waals surface area contributed by atoms with Crippen molar-refractivity contribution >= 4 is 0 Å². The van der Waals surface area contributed by atoms with E-state index in [9.17, 15) is 0 Å². The SMILES string of the molecule is CC=C(CCC(C)C1CCC2C3CCC4CCCC4(C)C3CCC12C)C(C)C. The Hall–Kier alpha value is -0.260. The molecule has 0 spiro atoms. The van der Waals surface area contributed by atoms with Crippen LogP contribution in [0.1, 0.15) is 112 Å². The molecular formula is C28H48. The molecule has 4 aliphatic rings. The van der Waals surface area contributed by atoms with Crippen LogP contribution in [0.5, 0.6) is 0 Å². The largest absolute Gasteiger partial charge is 0.0882 e. The molecule has 0 aromatic rings. The van der Waals surface area contributed by atoms with Gasteiger partial charge in [-0.05, 0) is 123 Å². The summed E-state index contributed by atoms with van der Waals surface area (Å²) in [5, 5.41) is 0. The van der Waals surface area contributed by atoms with Crippen molar-refractivity contribution in [2.75, 3.05) is 0 Å². The lowest BCUT2D eigenvalue weighted by Gasteiger charge is -2.58. The van der Waals surface area contributed by atoms with Crippen LogP contribution >= 0.6 is 0 Å². The summed E-state index contributed by atoms with van der Waals surface area (Å²) in [4.78, 5) is 0. The molecule has 0 N–H and O–H groups in total. The molecule has 0 bridgehead atoms. The Morgan fingerprint density at radius 1 is 0.893 bits per heavy atom. The van der Waals surface area contributed by atoms with Crippen LogP contribution in [0, 0.1) is 52.3 Å². The quantitative estimate of drug-likeness (QED) is 0.416. The molecule has 8 unspecified atom stereocenters. The summed E-state index contributed by atoms with van der Waals surface area (Å²) in [5.41, 5.74) is 3.05. The third kappa shape index (κ3) is 3.24. The Bertz CT molecular complexity index is 585. The lowest BCUT2D eigenvalue weighted by Crippen LogP contribution is -2.50. The van der Waals surface area contributed by atoms with Crippen molar-refractivity contribution in [2.24, 2.45) is 52.3 Å². The third-order valence-electron chi connectivity index (χ3n) is 11.1. The van der Waals surface area contributed by atoms with Crippen molar-refractivity contribution in [2.45, 2.75) is 112 Å². The number of rotatable bonds is 5. The Balaban J connectivity index is 1.46. The molecule has 0 aromatic heterocycles. The highest BCUT2D eigenvalue weighted by atomic mass is 14.6. The van der Waals surface area contributed by atoms with Crippen LogP contribution in [0.3, 0.4) is 0 Å². The Morgan fingerprint density at radius 2 is 1.64 bits per heavy atom. The topological polar surface area (TPSA) is 0 Å². The van der Waals surface area contributed by atoms with Gasteiger partial charge in [0.1, 0.15) is 0 Å². The van der Waals surface area contributed by atoms with Crippen LogP contribution in [-0.2, 0) is 0 Å². The molecule has 4 aliphatic carbocycles. The molecule has 0 radical (unpaired) electrons. The maximum atomic E-state index is 2.74. The first kappa shape index (κ1) is 21.0. The van der Waals surface area contributed by atoms with Crippen LogP contribution in [-0.4, -0.2) is 0 Å². The van der Waals surface area contributed by atoms with Crippen LogP contribution in [0.2, 0.25) is 0 Å². The third-order valence-corrected chi connectivity index (χ3v) is 11.1. The molecule has 4 fully saturated rings. The second-order valence-electron chi connectivity index (χ2n) is 12.3. The molecule has 0 aromatic carbocycles. The maximum absolute atomic E-state index is 2.74. The van der Waals surface area contributed by atoms with Crippen LogP contribution in [0.4, 0.5) is 0 Å². The van der Waals surface area contributed by atoms with E-state index in [1.807, 2.05) is 0 Å². The lowest BCUT2D eigenvalue weighted by molar-refractivity contribution is -0.0900. The first-order valence-corrected chi connectivity index (χ1v) is 13.0. The fraction of sp³-hybridized carbons (Fsp3) is 0.929. The predicted octanol–water partition coefficient (Wildman–Crippen LogP) is 8.66. The number of allylic oxidation sites excluding steroid dienone is 2. The first-order valence-electron chi connectivity index (χ1n) is 13.0. The molecule has 28 heavy (non-hydrogen) atoms. The molecule has 0 amide bonds. The summed E-state index contributed by atoms with van der Waals surface area (Å²) >= 11 is 0. The molecule has 0 aliphatic heterocycles. The smallest absolute Gasteiger partial charge is 0.0260 e. The Kier molecular flexibility index (Phi) is 5.83. The molecule has 4 rings (SSSR count). The molecule has 160 valence electrons. The number of hydrogen-bond donors (Lipinski definition) is 0. The molecule has 4 saturated carbocycles. The zero-order chi connectivity index (χ0) is 20.1. The molecule has 8 atom stereocenters. The van der Waals surface area contributed by atoms with E-state index in [1.54, 1.807) is 44.1 Å². The maximum Gasteiger partial charge on any atom is -0.0260 e. The van der Waals surface area contributed by atoms with Gasteiger partial charge in [-0.15, -0.1) is 0 Å². The highest BCUT2D eigenvalue weighted by molar-refractivity contribution is 5.10. The van der Waals surface area contributed by atoms with E-state index in [1.165, 1.54) is 32.1 Å². The number of hydrogen-bond acceptors (Lipinski definition) is 0. The minimum atomic E-state index is 0.649. The van der Waals surface area contributed by atoms with Crippen molar-refractivity contribution in [1.82, 2.24) is 0 Å². The summed E-state index contributed by atoms with van der Waals surface area (Å²) < 4.78 is 0. The minimum Gasteiger partial charge on any atom is -0.0882 e. The van der Waals surface area contributed by atoms with E-state index in [2.05, 4.69) is 47.6 Å². The van der Waals surface area contributed by atoms with E-state index < -0.39 is 0 Å². The fourth-order valence-corrected chi connectivity index (χ4v) is 9.47. The van der Waals surface area contributed by atoms with Crippen molar-refractivity contribution in [1.29, 1.82) is 0 Å². The van der Waals surface area contributed by atoms with Gasteiger partial charge in [0.25, 0.3) is 0 Å². The average Bonchev–Trinajstić information content (AvgIpc) is 3.21. The van der Waals surface area contributed by atoms with Gasteiger partial charge in [0.15, 0.2) is 0 Å². The molecule has 0 nitrogen and oxygen atoms in total. The van der Waals surface area contributed by atoms with Gasteiger partial charge in [0.2, 0.25) is 0 Å². The molecule has 0 heteroatoms. The van der Waals surface area contributed by atoms with E-state index in [0.29, 0.717) is 10.8 Å². The van der Waals surface area contributed by atoms with Gasteiger partial charge < -0.3 is 0 Å². The highest BCUT2D eigenvalue weighted by Gasteiger charge is 2.60. The standard InChI is InChI=1S/C28H48/c1-7-21(19(2)3)11-10-20(4)24-14-15-25-23-13-12-22-9-8-17-27(22,5)26(23)16-18-28(24,25)6/h7,19-20,22-26H,8-18H2,1-6H3. The summed E-state index contributed by atoms with van der Waals surface area (Å²) in [6.45, 7) is 15.0. The van der Waals surface area contributed by atoms with Crippen LogP contribution in [0.25, 0.3) is 0 Å². The van der Waals surface area contributed by atoms with Crippen LogP contribution in [0.15, 0.2) is 11.6 Å². The zero-order valence-electron chi connectivity index (χ0n) is 19.9. The molecule has 0 saturated heterocycles. The van der Waals surface area contributed by atoms with Gasteiger partial charge in [-0.3, -0.25) is 0 Å². The lowest BCUT2D eigenvalue weighted by atomic mass is 9.47.